The minimum atomic E-state index is -0.296. The number of pyridine rings is 1. The second-order valence-electron chi connectivity index (χ2n) is 4.22. The van der Waals surface area contributed by atoms with Gasteiger partial charge in [-0.25, -0.2) is 4.39 Å². The molecule has 0 fully saturated rings. The van der Waals surface area contributed by atoms with E-state index in [1.807, 2.05) is 13.1 Å². The van der Waals surface area contributed by atoms with Crippen LogP contribution in [0.2, 0.25) is 5.02 Å². The van der Waals surface area contributed by atoms with E-state index < -0.39 is 0 Å². The van der Waals surface area contributed by atoms with Crippen molar-refractivity contribution < 1.29 is 4.39 Å². The quantitative estimate of drug-likeness (QED) is 0.902. The predicted octanol–water partition coefficient (Wildman–Crippen LogP) is 4.14. The molecule has 5 heteroatoms. The van der Waals surface area contributed by atoms with E-state index >= 15 is 0 Å². The maximum absolute atomic E-state index is 13.9. The second kappa shape index (κ2) is 6.46. The van der Waals surface area contributed by atoms with Crippen molar-refractivity contribution in [3.63, 3.8) is 0 Å². The second-order valence-corrected chi connectivity index (χ2v) is 5.57. The minimum absolute atomic E-state index is 0.117. The van der Waals surface area contributed by atoms with Crippen LogP contribution in [0.25, 0.3) is 0 Å². The summed E-state index contributed by atoms with van der Waals surface area (Å²) in [6, 6.07) is 6.60. The third-order valence-electron chi connectivity index (χ3n) is 2.89. The Bertz CT molecular complexity index is 577. The molecule has 0 radical (unpaired) electrons. The van der Waals surface area contributed by atoms with Gasteiger partial charge in [-0.05, 0) is 53.2 Å². The Labute approximate surface area is 125 Å². The van der Waals surface area contributed by atoms with Crippen molar-refractivity contribution in [2.45, 2.75) is 12.5 Å². The lowest BCUT2D eigenvalue weighted by Crippen LogP contribution is -2.20. The van der Waals surface area contributed by atoms with E-state index in [0.29, 0.717) is 17.0 Å². The van der Waals surface area contributed by atoms with Gasteiger partial charge in [-0.2, -0.15) is 0 Å². The van der Waals surface area contributed by atoms with Gasteiger partial charge in [-0.15, -0.1) is 0 Å². The van der Waals surface area contributed by atoms with E-state index in [9.17, 15) is 4.39 Å². The van der Waals surface area contributed by atoms with Crippen molar-refractivity contribution in [2.75, 3.05) is 7.05 Å². The number of halogens is 3. The molecule has 1 atom stereocenters. The molecule has 2 nitrogen and oxygen atoms in total. The van der Waals surface area contributed by atoms with Crippen LogP contribution in [0, 0.1) is 5.82 Å². The third-order valence-corrected chi connectivity index (χ3v) is 3.56. The molecule has 1 aromatic heterocycles. The van der Waals surface area contributed by atoms with Crippen LogP contribution in [-0.4, -0.2) is 12.0 Å². The highest BCUT2D eigenvalue weighted by atomic mass is 79.9. The molecule has 2 rings (SSSR count). The number of aromatic nitrogens is 1. The van der Waals surface area contributed by atoms with Crippen LogP contribution in [0.15, 0.2) is 41.1 Å². The number of rotatable bonds is 4. The summed E-state index contributed by atoms with van der Waals surface area (Å²) >= 11 is 9.15. The molecule has 0 aliphatic carbocycles. The van der Waals surface area contributed by atoms with Gasteiger partial charge in [0.25, 0.3) is 0 Å². The summed E-state index contributed by atoms with van der Waals surface area (Å²) in [7, 11) is 1.81. The molecule has 1 unspecified atom stereocenters. The highest BCUT2D eigenvalue weighted by Crippen LogP contribution is 2.24. The lowest BCUT2D eigenvalue weighted by Gasteiger charge is -2.17. The molecule has 100 valence electrons. The zero-order chi connectivity index (χ0) is 13.8. The van der Waals surface area contributed by atoms with Gasteiger partial charge in [-0.3, -0.25) is 4.98 Å². The summed E-state index contributed by atoms with van der Waals surface area (Å²) in [5.41, 5.74) is 1.63. The zero-order valence-electron chi connectivity index (χ0n) is 10.3. The average molecular weight is 344 g/mol. The standard InChI is InChI=1S/C14H13BrClFN2/c1-18-14(5-9-4-10(15)8-19-7-9)12-3-2-11(16)6-13(12)17/h2-4,6-8,14,18H,5H2,1H3. The van der Waals surface area contributed by atoms with Gasteiger partial charge >= 0.3 is 0 Å². The van der Waals surface area contributed by atoms with Crippen LogP contribution in [-0.2, 0) is 6.42 Å². The van der Waals surface area contributed by atoms with Crippen LogP contribution in [0.1, 0.15) is 17.2 Å². The van der Waals surface area contributed by atoms with Gasteiger partial charge in [0.1, 0.15) is 5.82 Å². The lowest BCUT2D eigenvalue weighted by atomic mass is 9.99. The lowest BCUT2D eigenvalue weighted by molar-refractivity contribution is 0.533. The van der Waals surface area contributed by atoms with Crippen molar-refractivity contribution in [1.82, 2.24) is 10.3 Å². The van der Waals surface area contributed by atoms with E-state index in [1.54, 1.807) is 24.5 Å². The monoisotopic (exact) mass is 342 g/mol. The van der Waals surface area contributed by atoms with Gasteiger partial charge in [-0.1, -0.05) is 17.7 Å². The molecule has 1 aromatic carbocycles. The molecule has 0 saturated heterocycles. The first kappa shape index (κ1) is 14.4. The van der Waals surface area contributed by atoms with Crippen molar-refractivity contribution in [3.8, 4) is 0 Å². The van der Waals surface area contributed by atoms with Gasteiger partial charge in [0.2, 0.25) is 0 Å². The van der Waals surface area contributed by atoms with E-state index in [-0.39, 0.29) is 11.9 Å². The van der Waals surface area contributed by atoms with Crippen LogP contribution in [0.5, 0.6) is 0 Å². The Morgan fingerprint density at radius 1 is 1.37 bits per heavy atom. The van der Waals surface area contributed by atoms with Crippen LogP contribution in [0.3, 0.4) is 0 Å². The Morgan fingerprint density at radius 2 is 2.16 bits per heavy atom. The topological polar surface area (TPSA) is 24.9 Å². The minimum Gasteiger partial charge on any atom is -0.313 e. The summed E-state index contributed by atoms with van der Waals surface area (Å²) < 4.78 is 14.8. The van der Waals surface area contributed by atoms with Crippen LogP contribution >= 0.6 is 27.5 Å². The fraction of sp³-hybridized carbons (Fsp3) is 0.214. The van der Waals surface area contributed by atoms with Gasteiger partial charge < -0.3 is 5.32 Å². The Hall–Kier alpha value is -0.970. The molecular weight excluding hydrogens is 331 g/mol. The zero-order valence-corrected chi connectivity index (χ0v) is 12.7. The van der Waals surface area contributed by atoms with Gasteiger partial charge in [0.15, 0.2) is 0 Å². The fourth-order valence-corrected chi connectivity index (χ4v) is 2.53. The van der Waals surface area contributed by atoms with E-state index in [1.165, 1.54) is 6.07 Å². The molecule has 0 aliphatic heterocycles. The number of hydrogen-bond acceptors (Lipinski definition) is 2. The number of nitrogens with one attached hydrogen (secondary N) is 1. The van der Waals surface area contributed by atoms with Crippen molar-refractivity contribution >= 4 is 27.5 Å². The van der Waals surface area contributed by atoms with Gasteiger partial charge in [0.05, 0.1) is 0 Å². The van der Waals surface area contributed by atoms with E-state index in [0.717, 1.165) is 10.0 Å². The smallest absolute Gasteiger partial charge is 0.129 e. The summed E-state index contributed by atoms with van der Waals surface area (Å²) in [5.74, 6) is -0.296. The Balaban J connectivity index is 2.25. The summed E-state index contributed by atoms with van der Waals surface area (Å²) in [4.78, 5) is 4.11. The first-order valence-electron chi connectivity index (χ1n) is 5.82. The SMILES string of the molecule is CNC(Cc1cncc(Br)c1)c1ccc(Cl)cc1F. The summed E-state index contributed by atoms with van der Waals surface area (Å²) in [6.45, 7) is 0. The first-order chi connectivity index (χ1) is 9.10. The highest BCUT2D eigenvalue weighted by molar-refractivity contribution is 9.10. The number of likely N-dealkylation sites (N-methyl/N-ethyl adjacent to an activating group) is 1. The largest absolute Gasteiger partial charge is 0.313 e. The van der Waals surface area contributed by atoms with Gasteiger partial charge in [0, 0.05) is 33.5 Å². The van der Waals surface area contributed by atoms with Crippen molar-refractivity contribution in [3.05, 3.63) is 63.1 Å². The normalized spacial score (nSPS) is 12.4. The summed E-state index contributed by atoms with van der Waals surface area (Å²) in [5, 5.41) is 3.52. The molecule has 1 N–H and O–H groups in total. The highest BCUT2D eigenvalue weighted by Gasteiger charge is 2.15. The number of nitrogens with zero attached hydrogens (tertiary/aromatic N) is 1. The molecule has 0 saturated carbocycles. The molecule has 0 aliphatic rings. The Morgan fingerprint density at radius 3 is 2.79 bits per heavy atom. The maximum Gasteiger partial charge on any atom is 0.129 e. The van der Waals surface area contributed by atoms with Crippen LogP contribution < -0.4 is 5.32 Å². The molecule has 1 heterocycles. The number of hydrogen-bond donors (Lipinski definition) is 1. The molecule has 2 aromatic rings. The Kier molecular flexibility index (Phi) is 4.91. The average Bonchev–Trinajstić information content (AvgIpc) is 2.37. The van der Waals surface area contributed by atoms with Crippen molar-refractivity contribution in [1.29, 1.82) is 0 Å². The van der Waals surface area contributed by atoms with E-state index in [2.05, 4.69) is 26.2 Å². The van der Waals surface area contributed by atoms with E-state index in [4.69, 9.17) is 11.6 Å². The molecule has 0 spiro atoms. The van der Waals surface area contributed by atoms with Crippen molar-refractivity contribution in [2.24, 2.45) is 0 Å². The fourth-order valence-electron chi connectivity index (χ4n) is 1.95. The maximum atomic E-state index is 13.9. The summed E-state index contributed by atoms with van der Waals surface area (Å²) in [6.07, 6.45) is 4.16. The first-order valence-corrected chi connectivity index (χ1v) is 6.99. The molecule has 0 amide bonds. The number of benzene rings is 1. The van der Waals surface area contributed by atoms with Crippen LogP contribution in [0.4, 0.5) is 4.39 Å². The predicted molar refractivity (Wildman–Crippen MR) is 78.9 cm³/mol. The molecular formula is C14H13BrClFN2. The molecule has 0 bridgehead atoms. The molecule has 19 heavy (non-hydrogen) atoms. The third kappa shape index (κ3) is 3.75.